The van der Waals surface area contributed by atoms with Gasteiger partial charge in [0.1, 0.15) is 73.2 Å². The summed E-state index contributed by atoms with van der Waals surface area (Å²) in [4.78, 5) is 0. The molecule has 3 aliphatic heterocycles. The molecule has 3 saturated carbocycles. The van der Waals surface area contributed by atoms with Gasteiger partial charge in [0.05, 0.1) is 44.2 Å². The van der Waals surface area contributed by atoms with Crippen LogP contribution in [-0.2, 0) is 28.4 Å². The van der Waals surface area contributed by atoms with E-state index in [2.05, 4.69) is 19.9 Å². The van der Waals surface area contributed by atoms with Crippen LogP contribution in [0.5, 0.6) is 0 Å². The molecule has 0 aromatic heterocycles. The molecule has 0 aromatic rings. The van der Waals surface area contributed by atoms with Crippen LogP contribution in [0.25, 0.3) is 0 Å². The maximum Gasteiger partial charge on any atom is 0.187 e. The molecule has 7 rings (SSSR count). The van der Waals surface area contributed by atoms with E-state index >= 15 is 0 Å². The van der Waals surface area contributed by atoms with Gasteiger partial charge in [0.2, 0.25) is 0 Å². The first-order valence-corrected chi connectivity index (χ1v) is 23.1. The minimum absolute atomic E-state index is 0.00352. The number of aliphatic hydroxyl groups excluding tert-OH is 13. The summed E-state index contributed by atoms with van der Waals surface area (Å²) in [7, 11) is 0. The number of hydrogen-bond donors (Lipinski definition) is 13. The molecule has 4 aliphatic carbocycles. The molecule has 368 valence electrons. The fourth-order valence-corrected chi connectivity index (χ4v) is 12.9. The Morgan fingerprint density at radius 1 is 0.734 bits per heavy atom. The van der Waals surface area contributed by atoms with Crippen molar-refractivity contribution in [3.8, 4) is 0 Å². The van der Waals surface area contributed by atoms with Gasteiger partial charge < -0.3 is 94.8 Å². The van der Waals surface area contributed by atoms with Gasteiger partial charge in [-0.25, -0.2) is 0 Å². The summed E-state index contributed by atoms with van der Waals surface area (Å²) >= 11 is 0. The lowest BCUT2D eigenvalue weighted by Gasteiger charge is -2.60. The average Bonchev–Trinajstić information content (AvgIpc) is 3.56. The van der Waals surface area contributed by atoms with Crippen LogP contribution >= 0.6 is 0 Å². The monoisotopic (exact) mass is 918 g/mol. The highest BCUT2D eigenvalue weighted by Crippen LogP contribution is 2.68. The molecule has 7 aliphatic rings. The normalized spacial score (nSPS) is 51.6. The van der Waals surface area contributed by atoms with Crippen LogP contribution in [0.4, 0.5) is 0 Å². The van der Waals surface area contributed by atoms with Crippen molar-refractivity contribution in [1.29, 1.82) is 0 Å². The summed E-state index contributed by atoms with van der Waals surface area (Å²) in [6.45, 7) is 8.45. The maximum atomic E-state index is 11.7. The number of fused-ring (bicyclic) bond motifs is 5. The molecule has 64 heavy (non-hydrogen) atoms. The van der Waals surface area contributed by atoms with Crippen LogP contribution in [-0.4, -0.2) is 203 Å². The first-order chi connectivity index (χ1) is 30.2. The topological polar surface area (TPSA) is 318 Å². The van der Waals surface area contributed by atoms with E-state index in [4.69, 9.17) is 28.4 Å². The summed E-state index contributed by atoms with van der Waals surface area (Å²) < 4.78 is 36.3. The van der Waals surface area contributed by atoms with Crippen molar-refractivity contribution in [3.05, 3.63) is 23.3 Å². The highest BCUT2D eigenvalue weighted by Gasteiger charge is 2.65. The molecule has 0 bridgehead atoms. The smallest absolute Gasteiger partial charge is 0.187 e. The minimum atomic E-state index is -1.77. The second-order valence-corrected chi connectivity index (χ2v) is 20.5. The Morgan fingerprint density at radius 2 is 1.28 bits per heavy atom. The molecule has 3 heterocycles. The second kappa shape index (κ2) is 20.0. The standard InChI is InChI=1S/C45H74O19/c1-18(2)6-9-25(49)19(3)31-26(60-42-39(57)36(54)33(51)28(16-47)62-42)14-24-22-8-7-20-12-21(48)13-30(45(20,5)23(22)10-11-44(24,31)4)64-43-40(58)37(55)34(52)29(63-43)17-59-41-38(56)35(53)32(50)27(15-46)61-41/h6-7,19,21-43,46-58H,8-17H2,1-5H3/t19-,21-,22-,23+,24+,25+,26+,27-,28-,29-,30-,31+,32+,33-,34-,35+,36+,37+,38-,39-,40-,41-,42-,43+,44-,45+/m1/s1. The molecule has 13 N–H and O–H groups in total. The minimum Gasteiger partial charge on any atom is -0.394 e. The highest BCUT2D eigenvalue weighted by atomic mass is 16.7. The van der Waals surface area contributed by atoms with Gasteiger partial charge in [0.15, 0.2) is 18.9 Å². The van der Waals surface area contributed by atoms with Crippen molar-refractivity contribution in [1.82, 2.24) is 0 Å². The molecule has 0 amide bonds. The Balaban J connectivity index is 1.13. The van der Waals surface area contributed by atoms with Crippen molar-refractivity contribution in [2.24, 2.45) is 40.4 Å². The van der Waals surface area contributed by atoms with Gasteiger partial charge in [0, 0.05) is 11.8 Å². The summed E-state index contributed by atoms with van der Waals surface area (Å²) in [5.41, 5.74) is 0.950. The van der Waals surface area contributed by atoms with Crippen LogP contribution < -0.4 is 0 Å². The van der Waals surface area contributed by atoms with Gasteiger partial charge in [0.25, 0.3) is 0 Å². The number of ether oxygens (including phenoxy) is 6. The molecule has 19 heteroatoms. The van der Waals surface area contributed by atoms with Gasteiger partial charge in [-0.05, 0) is 87.4 Å². The lowest BCUT2D eigenvalue weighted by Crippen LogP contribution is -2.63. The van der Waals surface area contributed by atoms with Crippen LogP contribution in [0, 0.1) is 40.4 Å². The number of rotatable bonds is 13. The molecule has 26 atom stereocenters. The molecule has 3 saturated heterocycles. The number of allylic oxidation sites excluding steroid dienone is 2. The fourth-order valence-electron chi connectivity index (χ4n) is 12.9. The number of aliphatic hydroxyl groups is 13. The molecule has 0 spiro atoms. The van der Waals surface area contributed by atoms with Gasteiger partial charge in [-0.2, -0.15) is 0 Å². The van der Waals surface area contributed by atoms with E-state index in [1.807, 2.05) is 26.8 Å². The van der Waals surface area contributed by atoms with Crippen LogP contribution in [0.1, 0.15) is 79.6 Å². The average molecular weight is 919 g/mol. The quantitative estimate of drug-likeness (QED) is 0.0864. The predicted octanol–water partition coefficient (Wildman–Crippen LogP) is -2.31. The largest absolute Gasteiger partial charge is 0.394 e. The zero-order valence-electron chi connectivity index (χ0n) is 37.3. The summed E-state index contributed by atoms with van der Waals surface area (Å²) in [5, 5.41) is 139. The van der Waals surface area contributed by atoms with Gasteiger partial charge in [-0.3, -0.25) is 0 Å². The van der Waals surface area contributed by atoms with Crippen molar-refractivity contribution in [2.45, 2.75) is 196 Å². The molecule has 6 fully saturated rings. The highest BCUT2D eigenvalue weighted by molar-refractivity contribution is 5.28. The Morgan fingerprint density at radius 3 is 1.88 bits per heavy atom. The van der Waals surface area contributed by atoms with Crippen LogP contribution in [0.3, 0.4) is 0 Å². The van der Waals surface area contributed by atoms with E-state index in [-0.39, 0.29) is 36.0 Å². The molecule has 0 radical (unpaired) electrons. The van der Waals surface area contributed by atoms with Crippen LogP contribution in [0.2, 0.25) is 0 Å². The zero-order valence-corrected chi connectivity index (χ0v) is 37.3. The van der Waals surface area contributed by atoms with Crippen LogP contribution in [0.15, 0.2) is 23.3 Å². The zero-order chi connectivity index (χ0) is 46.7. The van der Waals surface area contributed by atoms with Crippen molar-refractivity contribution in [2.75, 3.05) is 19.8 Å². The van der Waals surface area contributed by atoms with E-state index in [9.17, 15) is 66.4 Å². The predicted molar refractivity (Wildman–Crippen MR) is 221 cm³/mol. The lowest BCUT2D eigenvalue weighted by atomic mass is 9.46. The third-order valence-electron chi connectivity index (χ3n) is 16.6. The Bertz CT molecular complexity index is 1630. The van der Waals surface area contributed by atoms with Crippen molar-refractivity contribution in [3.63, 3.8) is 0 Å². The summed E-state index contributed by atoms with van der Waals surface area (Å²) in [6, 6.07) is 0. The third-order valence-corrected chi connectivity index (χ3v) is 16.6. The summed E-state index contributed by atoms with van der Waals surface area (Å²) in [5.74, 6) is -0.518. The first kappa shape index (κ1) is 50.6. The van der Waals surface area contributed by atoms with Crippen molar-refractivity contribution < 1.29 is 94.8 Å². The maximum absolute atomic E-state index is 11.7. The van der Waals surface area contributed by atoms with Gasteiger partial charge in [-0.1, -0.05) is 44.1 Å². The Hall–Kier alpha value is -1.28. The Labute approximate surface area is 373 Å². The first-order valence-electron chi connectivity index (χ1n) is 23.1. The van der Waals surface area contributed by atoms with E-state index < -0.39 is 147 Å². The molecular weight excluding hydrogens is 844 g/mol. The SMILES string of the molecule is CC(C)=CC[C@H](O)[C@@H](C)[C@H]1[C@@H](O[C@@H]2O[C@H](CO)[C@@H](O)[C@H](O)[C@H]2O)C[C@H]2[C@@H]3CC=C4C[C@@H](O)C[C@@H](O[C@@H]5O[C@H](CO[C@@H]6O[C@H](CO)[C@H](O)[C@H](O)[C@H]6O)[C@@H](O)[C@H](O)[C@H]5O)[C@]4(C)[C@H]3CC[C@@]12C. The van der Waals surface area contributed by atoms with Crippen molar-refractivity contribution >= 4 is 0 Å². The van der Waals surface area contributed by atoms with E-state index in [0.717, 1.165) is 11.1 Å². The Kier molecular flexibility index (Phi) is 15.8. The molecule has 0 unspecified atom stereocenters. The summed E-state index contributed by atoms with van der Waals surface area (Å²) in [6.07, 6.45) is -18.3. The fraction of sp³-hybridized carbons (Fsp3) is 0.911. The lowest BCUT2D eigenvalue weighted by molar-refractivity contribution is -0.342. The van der Waals surface area contributed by atoms with E-state index in [0.29, 0.717) is 38.5 Å². The molecular formula is C45H74O19. The number of hydrogen-bond acceptors (Lipinski definition) is 19. The van der Waals surface area contributed by atoms with E-state index in [1.54, 1.807) is 0 Å². The van der Waals surface area contributed by atoms with Gasteiger partial charge in [-0.15, -0.1) is 0 Å². The molecule has 19 nitrogen and oxygen atoms in total. The molecule has 0 aromatic carbocycles. The second-order valence-electron chi connectivity index (χ2n) is 20.5. The third kappa shape index (κ3) is 9.16. The van der Waals surface area contributed by atoms with Gasteiger partial charge >= 0.3 is 0 Å². The van der Waals surface area contributed by atoms with E-state index in [1.165, 1.54) is 0 Å².